The highest BCUT2D eigenvalue weighted by Gasteiger charge is 2.35. The van der Waals surface area contributed by atoms with Crippen molar-refractivity contribution in [2.75, 3.05) is 5.32 Å². The smallest absolute Gasteiger partial charge is 0.244 e. The molecule has 3 nitrogen and oxygen atoms in total. The topological polar surface area (TPSA) is 55.1 Å². The standard InChI is InChI=1S/C13H16ClFN2O/c14-9-6-10(15)8-11(7-9)17-12(18)13(16)4-2-1-3-5-13/h6-8H,1-5,16H2,(H,17,18). The fraction of sp³-hybridized carbons (Fsp3) is 0.462. The van der Waals surface area contributed by atoms with Gasteiger partial charge < -0.3 is 11.1 Å². The van der Waals surface area contributed by atoms with E-state index in [1.165, 1.54) is 18.2 Å². The summed E-state index contributed by atoms with van der Waals surface area (Å²) >= 11 is 5.73. The van der Waals surface area contributed by atoms with E-state index in [1.807, 2.05) is 0 Å². The van der Waals surface area contributed by atoms with Gasteiger partial charge in [-0.1, -0.05) is 30.9 Å². The third-order valence-electron chi connectivity index (χ3n) is 3.32. The summed E-state index contributed by atoms with van der Waals surface area (Å²) in [7, 11) is 0. The van der Waals surface area contributed by atoms with Crippen LogP contribution in [0.5, 0.6) is 0 Å². The molecule has 0 aliphatic heterocycles. The zero-order chi connectivity index (χ0) is 13.2. The van der Waals surface area contributed by atoms with E-state index >= 15 is 0 Å². The molecule has 18 heavy (non-hydrogen) atoms. The molecule has 0 atom stereocenters. The number of amides is 1. The van der Waals surface area contributed by atoms with Gasteiger partial charge in [0, 0.05) is 10.7 Å². The Kier molecular flexibility index (Phi) is 3.88. The lowest BCUT2D eigenvalue weighted by molar-refractivity contribution is -0.122. The molecule has 0 spiro atoms. The van der Waals surface area contributed by atoms with Crippen LogP contribution >= 0.6 is 11.6 Å². The van der Waals surface area contributed by atoms with Crippen LogP contribution in [0.2, 0.25) is 5.02 Å². The maximum absolute atomic E-state index is 13.1. The summed E-state index contributed by atoms with van der Waals surface area (Å²) in [5.41, 5.74) is 5.60. The molecule has 1 aliphatic carbocycles. The summed E-state index contributed by atoms with van der Waals surface area (Å²) in [6, 6.07) is 3.93. The van der Waals surface area contributed by atoms with Gasteiger partial charge >= 0.3 is 0 Å². The normalized spacial score (nSPS) is 18.4. The summed E-state index contributed by atoms with van der Waals surface area (Å²) in [4.78, 5) is 12.1. The second-order valence-corrected chi connectivity index (χ2v) is 5.27. The molecule has 0 unspecified atom stereocenters. The molecule has 3 N–H and O–H groups in total. The van der Waals surface area contributed by atoms with Gasteiger partial charge in [-0.3, -0.25) is 4.79 Å². The molecule has 1 aliphatic rings. The molecule has 0 saturated heterocycles. The summed E-state index contributed by atoms with van der Waals surface area (Å²) < 4.78 is 13.1. The van der Waals surface area contributed by atoms with E-state index < -0.39 is 11.4 Å². The van der Waals surface area contributed by atoms with Crippen molar-refractivity contribution in [3.8, 4) is 0 Å². The van der Waals surface area contributed by atoms with Crippen molar-refractivity contribution in [2.45, 2.75) is 37.6 Å². The van der Waals surface area contributed by atoms with Crippen molar-refractivity contribution in [2.24, 2.45) is 5.73 Å². The second kappa shape index (κ2) is 5.24. The molecule has 2 rings (SSSR count). The van der Waals surface area contributed by atoms with Crippen LogP contribution in [0, 0.1) is 5.82 Å². The van der Waals surface area contributed by atoms with Crippen LogP contribution in [-0.2, 0) is 4.79 Å². The Morgan fingerprint density at radius 2 is 1.94 bits per heavy atom. The molecule has 1 aromatic rings. The highest BCUT2D eigenvalue weighted by molar-refractivity contribution is 6.30. The van der Waals surface area contributed by atoms with E-state index in [0.717, 1.165) is 19.3 Å². The van der Waals surface area contributed by atoms with Crippen molar-refractivity contribution in [3.05, 3.63) is 29.0 Å². The zero-order valence-corrected chi connectivity index (χ0v) is 10.8. The molecule has 98 valence electrons. The predicted octanol–water partition coefficient (Wildman–Crippen LogP) is 3.08. The number of nitrogens with two attached hydrogens (primary N) is 1. The Morgan fingerprint density at radius 3 is 2.56 bits per heavy atom. The average Bonchev–Trinajstić information content (AvgIpc) is 2.28. The molecule has 0 heterocycles. The predicted molar refractivity (Wildman–Crippen MR) is 70.0 cm³/mol. The van der Waals surface area contributed by atoms with Gasteiger partial charge in [0.1, 0.15) is 5.82 Å². The quantitative estimate of drug-likeness (QED) is 0.868. The molecule has 5 heteroatoms. The fourth-order valence-electron chi connectivity index (χ4n) is 2.29. The second-order valence-electron chi connectivity index (χ2n) is 4.83. The van der Waals surface area contributed by atoms with Gasteiger partial charge in [0.2, 0.25) is 5.91 Å². The minimum absolute atomic E-state index is 0.250. The Balaban J connectivity index is 2.10. The maximum atomic E-state index is 13.1. The van der Waals surface area contributed by atoms with Gasteiger partial charge in [0.25, 0.3) is 0 Å². The number of hydrogen-bond donors (Lipinski definition) is 2. The van der Waals surface area contributed by atoms with Gasteiger partial charge in [0.15, 0.2) is 0 Å². The van der Waals surface area contributed by atoms with E-state index in [-0.39, 0.29) is 10.9 Å². The molecule has 1 aromatic carbocycles. The molecular formula is C13H16ClFN2O. The summed E-state index contributed by atoms with van der Waals surface area (Å²) in [5, 5.41) is 2.90. The Labute approximate surface area is 111 Å². The third-order valence-corrected chi connectivity index (χ3v) is 3.54. The van der Waals surface area contributed by atoms with Gasteiger partial charge in [-0.2, -0.15) is 0 Å². The molecule has 0 bridgehead atoms. The van der Waals surface area contributed by atoms with Crippen LogP contribution in [0.25, 0.3) is 0 Å². The van der Waals surface area contributed by atoms with Crippen LogP contribution in [0.15, 0.2) is 18.2 Å². The molecular weight excluding hydrogens is 255 g/mol. The van der Waals surface area contributed by atoms with Gasteiger partial charge in [-0.25, -0.2) is 4.39 Å². The van der Waals surface area contributed by atoms with Crippen molar-refractivity contribution in [1.29, 1.82) is 0 Å². The van der Waals surface area contributed by atoms with E-state index in [4.69, 9.17) is 17.3 Å². The molecule has 1 saturated carbocycles. The molecule has 0 radical (unpaired) electrons. The van der Waals surface area contributed by atoms with E-state index in [9.17, 15) is 9.18 Å². The maximum Gasteiger partial charge on any atom is 0.244 e. The van der Waals surface area contributed by atoms with Crippen LogP contribution in [0.1, 0.15) is 32.1 Å². The van der Waals surface area contributed by atoms with Crippen LogP contribution < -0.4 is 11.1 Å². The van der Waals surface area contributed by atoms with Crippen LogP contribution in [0.4, 0.5) is 10.1 Å². The largest absolute Gasteiger partial charge is 0.324 e. The first-order chi connectivity index (χ1) is 8.49. The summed E-state index contributed by atoms with van der Waals surface area (Å²) in [6.45, 7) is 0. The number of rotatable bonds is 2. The first-order valence-electron chi connectivity index (χ1n) is 6.06. The Morgan fingerprint density at radius 1 is 1.28 bits per heavy atom. The number of carbonyl (C=O) groups is 1. The summed E-state index contributed by atoms with van der Waals surface area (Å²) in [5.74, 6) is -0.739. The van der Waals surface area contributed by atoms with Crippen LogP contribution in [0.3, 0.4) is 0 Å². The number of nitrogens with one attached hydrogen (secondary N) is 1. The number of benzene rings is 1. The number of anilines is 1. The minimum atomic E-state index is -0.836. The highest BCUT2D eigenvalue weighted by Crippen LogP contribution is 2.27. The van der Waals surface area contributed by atoms with Crippen molar-refractivity contribution in [3.63, 3.8) is 0 Å². The molecule has 1 fully saturated rings. The monoisotopic (exact) mass is 270 g/mol. The lowest BCUT2D eigenvalue weighted by atomic mass is 9.82. The number of hydrogen-bond acceptors (Lipinski definition) is 2. The zero-order valence-electron chi connectivity index (χ0n) is 10.0. The minimum Gasteiger partial charge on any atom is -0.324 e. The van der Waals surface area contributed by atoms with Gasteiger partial charge in [0.05, 0.1) is 5.54 Å². The third kappa shape index (κ3) is 3.00. The molecule has 1 amide bonds. The fourth-order valence-corrected chi connectivity index (χ4v) is 2.51. The molecule has 0 aromatic heterocycles. The number of halogens is 2. The van der Waals surface area contributed by atoms with E-state index in [0.29, 0.717) is 18.5 Å². The average molecular weight is 271 g/mol. The van der Waals surface area contributed by atoms with Crippen molar-refractivity contribution < 1.29 is 9.18 Å². The van der Waals surface area contributed by atoms with E-state index in [2.05, 4.69) is 5.32 Å². The Hall–Kier alpha value is -1.13. The van der Waals surface area contributed by atoms with Gasteiger partial charge in [-0.15, -0.1) is 0 Å². The van der Waals surface area contributed by atoms with Crippen molar-refractivity contribution >= 4 is 23.2 Å². The van der Waals surface area contributed by atoms with Gasteiger partial charge in [-0.05, 0) is 31.0 Å². The highest BCUT2D eigenvalue weighted by atomic mass is 35.5. The lowest BCUT2D eigenvalue weighted by Crippen LogP contribution is -2.52. The SMILES string of the molecule is NC1(C(=O)Nc2cc(F)cc(Cl)c2)CCCCC1. The Bertz CT molecular complexity index is 438. The van der Waals surface area contributed by atoms with E-state index in [1.54, 1.807) is 0 Å². The summed E-state index contributed by atoms with van der Waals surface area (Å²) in [6.07, 6.45) is 4.35. The van der Waals surface area contributed by atoms with Crippen molar-refractivity contribution in [1.82, 2.24) is 0 Å². The first kappa shape index (κ1) is 13.3. The lowest BCUT2D eigenvalue weighted by Gasteiger charge is -2.31. The number of carbonyl (C=O) groups excluding carboxylic acids is 1. The van der Waals surface area contributed by atoms with Crippen LogP contribution in [-0.4, -0.2) is 11.4 Å². The first-order valence-corrected chi connectivity index (χ1v) is 6.44.